The standard InChI is InChI=1S/C23H23BrN4O4S/c1-3-13-28-20(14-32-19-11-7-17(24)8-12-19)26-27-23(28)33-15-21(29)25-18-9-5-16(6-10-18)22(30)31-4-2/h3,5-12H,1,4,13-15H2,2H3,(H,25,29). The Morgan fingerprint density at radius 1 is 1.15 bits per heavy atom. The second-order valence-electron chi connectivity index (χ2n) is 6.68. The van der Waals surface area contributed by atoms with E-state index in [2.05, 4.69) is 38.0 Å². The first-order chi connectivity index (χ1) is 16.0. The van der Waals surface area contributed by atoms with Crippen LogP contribution in [-0.4, -0.2) is 39.0 Å². The zero-order chi connectivity index (χ0) is 23.6. The summed E-state index contributed by atoms with van der Waals surface area (Å²) in [5, 5.41) is 11.8. The van der Waals surface area contributed by atoms with E-state index in [4.69, 9.17) is 9.47 Å². The van der Waals surface area contributed by atoms with Crippen LogP contribution in [0.25, 0.3) is 0 Å². The fraction of sp³-hybridized carbons (Fsp3) is 0.217. The zero-order valence-corrected chi connectivity index (χ0v) is 20.4. The Hall–Kier alpha value is -3.11. The highest BCUT2D eigenvalue weighted by Crippen LogP contribution is 2.21. The Bertz CT molecular complexity index is 1100. The van der Waals surface area contributed by atoms with Crippen molar-refractivity contribution >= 4 is 45.3 Å². The molecule has 3 aromatic rings. The summed E-state index contributed by atoms with van der Waals surface area (Å²) in [6, 6.07) is 14.1. The molecule has 0 aliphatic heterocycles. The van der Waals surface area contributed by atoms with Crippen LogP contribution in [0.15, 0.2) is 70.8 Å². The first kappa shape index (κ1) is 24.5. The molecule has 172 valence electrons. The lowest BCUT2D eigenvalue weighted by Crippen LogP contribution is -2.15. The number of nitrogens with one attached hydrogen (secondary N) is 1. The number of carbonyl (C=O) groups is 2. The second kappa shape index (κ2) is 12.2. The molecule has 0 bridgehead atoms. The monoisotopic (exact) mass is 530 g/mol. The van der Waals surface area contributed by atoms with E-state index in [1.165, 1.54) is 11.8 Å². The number of hydrogen-bond acceptors (Lipinski definition) is 7. The van der Waals surface area contributed by atoms with Gasteiger partial charge in [0.15, 0.2) is 11.0 Å². The molecule has 1 amide bonds. The van der Waals surface area contributed by atoms with Crippen molar-refractivity contribution in [2.24, 2.45) is 0 Å². The summed E-state index contributed by atoms with van der Waals surface area (Å²) in [6.07, 6.45) is 1.74. The third kappa shape index (κ3) is 7.19. The SMILES string of the molecule is C=CCn1c(COc2ccc(Br)cc2)nnc1SCC(=O)Nc1ccc(C(=O)OCC)cc1. The molecule has 0 fully saturated rings. The summed E-state index contributed by atoms with van der Waals surface area (Å²) in [6.45, 7) is 6.57. The van der Waals surface area contributed by atoms with Gasteiger partial charge in [-0.15, -0.1) is 16.8 Å². The highest BCUT2D eigenvalue weighted by atomic mass is 79.9. The highest BCUT2D eigenvalue weighted by molar-refractivity contribution is 9.10. The van der Waals surface area contributed by atoms with Crippen molar-refractivity contribution in [2.75, 3.05) is 17.7 Å². The van der Waals surface area contributed by atoms with Crippen molar-refractivity contribution in [3.63, 3.8) is 0 Å². The van der Waals surface area contributed by atoms with Crippen molar-refractivity contribution in [2.45, 2.75) is 25.2 Å². The number of rotatable bonds is 11. The van der Waals surface area contributed by atoms with Gasteiger partial charge >= 0.3 is 5.97 Å². The maximum absolute atomic E-state index is 12.4. The molecule has 0 saturated heterocycles. The Balaban J connectivity index is 1.56. The van der Waals surface area contributed by atoms with Gasteiger partial charge in [0.2, 0.25) is 5.91 Å². The van der Waals surface area contributed by atoms with Crippen LogP contribution >= 0.6 is 27.7 Å². The predicted molar refractivity (Wildman–Crippen MR) is 130 cm³/mol. The van der Waals surface area contributed by atoms with E-state index in [1.54, 1.807) is 37.3 Å². The van der Waals surface area contributed by atoms with Crippen LogP contribution in [0.2, 0.25) is 0 Å². The molecule has 0 aliphatic rings. The van der Waals surface area contributed by atoms with Crippen LogP contribution in [0.4, 0.5) is 5.69 Å². The number of anilines is 1. The molecule has 1 aromatic heterocycles. The molecule has 10 heteroatoms. The molecule has 1 heterocycles. The smallest absolute Gasteiger partial charge is 0.338 e. The van der Waals surface area contributed by atoms with E-state index in [-0.39, 0.29) is 18.3 Å². The topological polar surface area (TPSA) is 95.3 Å². The van der Waals surface area contributed by atoms with Crippen LogP contribution in [0.3, 0.4) is 0 Å². The Morgan fingerprint density at radius 3 is 2.55 bits per heavy atom. The molecule has 0 spiro atoms. The minimum atomic E-state index is -0.396. The third-order valence-corrected chi connectivity index (χ3v) is 5.79. The van der Waals surface area contributed by atoms with E-state index < -0.39 is 5.97 Å². The molecule has 0 unspecified atom stereocenters. The Labute approximate surface area is 204 Å². The number of benzene rings is 2. The summed E-state index contributed by atoms with van der Waals surface area (Å²) in [5.74, 6) is 0.893. The molecule has 0 atom stereocenters. The van der Waals surface area contributed by atoms with Gasteiger partial charge in [0.1, 0.15) is 12.4 Å². The van der Waals surface area contributed by atoms with Crippen molar-refractivity contribution in [1.29, 1.82) is 0 Å². The summed E-state index contributed by atoms with van der Waals surface area (Å²) in [7, 11) is 0. The molecule has 0 saturated carbocycles. The van der Waals surface area contributed by atoms with Crippen LogP contribution < -0.4 is 10.1 Å². The third-order valence-electron chi connectivity index (χ3n) is 4.30. The summed E-state index contributed by atoms with van der Waals surface area (Å²) >= 11 is 4.66. The molecule has 33 heavy (non-hydrogen) atoms. The Morgan fingerprint density at radius 2 is 1.88 bits per heavy atom. The number of halogens is 1. The average molecular weight is 531 g/mol. The highest BCUT2D eigenvalue weighted by Gasteiger charge is 2.14. The minimum absolute atomic E-state index is 0.141. The van der Waals surface area contributed by atoms with Crippen LogP contribution in [-0.2, 0) is 22.7 Å². The number of carbonyl (C=O) groups excluding carboxylic acids is 2. The van der Waals surface area contributed by atoms with Gasteiger partial charge < -0.3 is 14.8 Å². The summed E-state index contributed by atoms with van der Waals surface area (Å²) in [4.78, 5) is 24.1. The lowest BCUT2D eigenvalue weighted by Gasteiger charge is -2.09. The number of allylic oxidation sites excluding steroid dienone is 1. The van der Waals surface area contributed by atoms with E-state index >= 15 is 0 Å². The number of ether oxygens (including phenoxy) is 2. The van der Waals surface area contributed by atoms with Crippen molar-refractivity contribution in [3.8, 4) is 5.75 Å². The normalized spacial score (nSPS) is 10.5. The van der Waals surface area contributed by atoms with Gasteiger partial charge in [-0.3, -0.25) is 9.36 Å². The van der Waals surface area contributed by atoms with E-state index in [0.29, 0.717) is 41.1 Å². The quantitative estimate of drug-likeness (QED) is 0.218. The fourth-order valence-electron chi connectivity index (χ4n) is 2.75. The molecule has 0 radical (unpaired) electrons. The summed E-state index contributed by atoms with van der Waals surface area (Å²) in [5.41, 5.74) is 1.02. The van der Waals surface area contributed by atoms with Crippen molar-refractivity contribution in [3.05, 3.63) is 77.0 Å². The molecule has 2 aromatic carbocycles. The van der Waals surface area contributed by atoms with E-state index in [0.717, 1.165) is 4.47 Å². The number of esters is 1. The molecule has 0 aliphatic carbocycles. The molecular formula is C23H23BrN4O4S. The number of nitrogens with zero attached hydrogens (tertiary/aromatic N) is 3. The van der Waals surface area contributed by atoms with Crippen LogP contribution in [0, 0.1) is 0 Å². The van der Waals surface area contributed by atoms with Gasteiger partial charge in [-0.2, -0.15) is 0 Å². The average Bonchev–Trinajstić information content (AvgIpc) is 3.19. The number of hydrogen-bond donors (Lipinski definition) is 1. The van der Waals surface area contributed by atoms with Gasteiger partial charge in [-0.25, -0.2) is 4.79 Å². The zero-order valence-electron chi connectivity index (χ0n) is 18.0. The van der Waals surface area contributed by atoms with Gasteiger partial charge in [0, 0.05) is 16.7 Å². The first-order valence-electron chi connectivity index (χ1n) is 10.1. The van der Waals surface area contributed by atoms with Gasteiger partial charge in [0.25, 0.3) is 0 Å². The predicted octanol–water partition coefficient (Wildman–Crippen LogP) is 4.71. The molecular weight excluding hydrogens is 508 g/mol. The summed E-state index contributed by atoms with van der Waals surface area (Å²) < 4.78 is 13.6. The molecule has 1 N–H and O–H groups in total. The van der Waals surface area contributed by atoms with E-state index in [1.807, 2.05) is 28.8 Å². The van der Waals surface area contributed by atoms with Crippen LogP contribution in [0.5, 0.6) is 5.75 Å². The lowest BCUT2D eigenvalue weighted by atomic mass is 10.2. The van der Waals surface area contributed by atoms with Gasteiger partial charge in [-0.05, 0) is 55.5 Å². The maximum atomic E-state index is 12.4. The lowest BCUT2D eigenvalue weighted by molar-refractivity contribution is -0.113. The van der Waals surface area contributed by atoms with Crippen molar-refractivity contribution in [1.82, 2.24) is 14.8 Å². The molecule has 3 rings (SSSR count). The minimum Gasteiger partial charge on any atom is -0.486 e. The first-order valence-corrected chi connectivity index (χ1v) is 11.9. The van der Waals surface area contributed by atoms with Crippen molar-refractivity contribution < 1.29 is 19.1 Å². The number of amides is 1. The van der Waals surface area contributed by atoms with E-state index in [9.17, 15) is 9.59 Å². The van der Waals surface area contributed by atoms with Gasteiger partial charge in [-0.1, -0.05) is 33.8 Å². The second-order valence-corrected chi connectivity index (χ2v) is 8.53. The maximum Gasteiger partial charge on any atom is 0.338 e. The van der Waals surface area contributed by atoms with Crippen LogP contribution in [0.1, 0.15) is 23.1 Å². The number of thioether (sulfide) groups is 1. The fourth-order valence-corrected chi connectivity index (χ4v) is 3.79. The number of aromatic nitrogens is 3. The Kier molecular flexibility index (Phi) is 9.08. The molecule has 8 nitrogen and oxygen atoms in total. The largest absolute Gasteiger partial charge is 0.486 e. The van der Waals surface area contributed by atoms with Gasteiger partial charge in [0.05, 0.1) is 17.9 Å².